The summed E-state index contributed by atoms with van der Waals surface area (Å²) in [6, 6.07) is 0. The van der Waals surface area contributed by atoms with Gasteiger partial charge in [0.05, 0.1) is 12.7 Å². The number of rotatable bonds is 1. The van der Waals surface area contributed by atoms with Crippen molar-refractivity contribution in [3.63, 3.8) is 0 Å². The summed E-state index contributed by atoms with van der Waals surface area (Å²) in [6.45, 7) is 0.177. The first-order chi connectivity index (χ1) is 6.28. The zero-order valence-corrected chi connectivity index (χ0v) is 7.43. The van der Waals surface area contributed by atoms with E-state index in [1.54, 1.807) is 0 Å². The highest BCUT2D eigenvalue weighted by molar-refractivity contribution is 5.31. The fraction of sp³-hybridized carbons (Fsp3) is 0.636. The Morgan fingerprint density at radius 1 is 1.31 bits per heavy atom. The maximum atomic E-state index is 9.79. The molecule has 1 fully saturated rings. The Kier molecular flexibility index (Phi) is 1.35. The highest BCUT2D eigenvalue weighted by Crippen LogP contribution is 2.60. The van der Waals surface area contributed by atoms with Crippen LogP contribution in [-0.2, 0) is 0 Å². The van der Waals surface area contributed by atoms with Crippen LogP contribution in [0.25, 0.3) is 0 Å². The Morgan fingerprint density at radius 2 is 2.15 bits per heavy atom. The standard InChI is InChI=1S/C11H14O2/c12-6-11-4-3-9(13)10(11)7-1-2-8(11)5-7/h1-4,7-10,12-13H,5-6H2/t7?,8?,9?,10?,11-/m1/s1. The summed E-state index contributed by atoms with van der Waals surface area (Å²) in [7, 11) is 0. The van der Waals surface area contributed by atoms with Gasteiger partial charge in [0, 0.05) is 11.3 Å². The van der Waals surface area contributed by atoms with Crippen molar-refractivity contribution < 1.29 is 10.2 Å². The molecule has 5 atom stereocenters. The van der Waals surface area contributed by atoms with Crippen LogP contribution in [0, 0.1) is 23.2 Å². The van der Waals surface area contributed by atoms with Gasteiger partial charge in [0.2, 0.25) is 0 Å². The third-order valence-corrected chi connectivity index (χ3v) is 4.13. The molecule has 13 heavy (non-hydrogen) atoms. The summed E-state index contributed by atoms with van der Waals surface area (Å²) in [5, 5.41) is 19.3. The summed E-state index contributed by atoms with van der Waals surface area (Å²) in [5.74, 6) is 1.19. The van der Waals surface area contributed by atoms with Gasteiger partial charge in [0.1, 0.15) is 0 Å². The second kappa shape index (κ2) is 2.25. The molecule has 70 valence electrons. The van der Waals surface area contributed by atoms with Crippen LogP contribution in [0.4, 0.5) is 0 Å². The van der Waals surface area contributed by atoms with Gasteiger partial charge >= 0.3 is 0 Å². The van der Waals surface area contributed by atoms with Crippen LogP contribution in [0.1, 0.15) is 6.42 Å². The molecule has 0 spiro atoms. The van der Waals surface area contributed by atoms with Crippen LogP contribution in [0.5, 0.6) is 0 Å². The van der Waals surface area contributed by atoms with Crippen molar-refractivity contribution in [2.75, 3.05) is 6.61 Å². The molecule has 2 bridgehead atoms. The molecule has 4 unspecified atom stereocenters. The first-order valence-corrected chi connectivity index (χ1v) is 4.94. The predicted octanol–water partition coefficient (Wildman–Crippen LogP) is 0.718. The van der Waals surface area contributed by atoms with Crippen LogP contribution in [-0.4, -0.2) is 22.9 Å². The summed E-state index contributed by atoms with van der Waals surface area (Å²) in [6.07, 6.45) is 9.09. The normalized spacial score (nSPS) is 56.2. The second-order valence-corrected chi connectivity index (χ2v) is 4.54. The van der Waals surface area contributed by atoms with Gasteiger partial charge in [0.25, 0.3) is 0 Å². The smallest absolute Gasteiger partial charge is 0.0764 e. The lowest BCUT2D eigenvalue weighted by Crippen LogP contribution is -2.37. The molecule has 0 amide bonds. The van der Waals surface area contributed by atoms with Crippen molar-refractivity contribution in [1.29, 1.82) is 0 Å². The highest BCUT2D eigenvalue weighted by atomic mass is 16.3. The quantitative estimate of drug-likeness (QED) is 0.581. The Hall–Kier alpha value is -0.600. The minimum Gasteiger partial charge on any atom is -0.395 e. The molecule has 0 aliphatic heterocycles. The van der Waals surface area contributed by atoms with Gasteiger partial charge < -0.3 is 10.2 Å². The van der Waals surface area contributed by atoms with E-state index in [4.69, 9.17) is 0 Å². The van der Waals surface area contributed by atoms with E-state index in [1.807, 2.05) is 12.2 Å². The van der Waals surface area contributed by atoms with E-state index >= 15 is 0 Å². The SMILES string of the molecule is OC[C@@]12C=CC(O)C1C1C=CC2C1. The minimum atomic E-state index is -0.341. The number of hydrogen-bond donors (Lipinski definition) is 2. The van der Waals surface area contributed by atoms with Crippen LogP contribution < -0.4 is 0 Å². The number of aliphatic hydroxyl groups excluding tert-OH is 2. The largest absolute Gasteiger partial charge is 0.395 e. The molecular formula is C11H14O2. The summed E-state index contributed by atoms with van der Waals surface area (Å²) in [4.78, 5) is 0. The van der Waals surface area contributed by atoms with E-state index in [-0.39, 0.29) is 24.0 Å². The molecule has 0 aromatic heterocycles. The van der Waals surface area contributed by atoms with Crippen LogP contribution >= 0.6 is 0 Å². The Bertz CT molecular complexity index is 294. The van der Waals surface area contributed by atoms with E-state index in [9.17, 15) is 10.2 Å². The Morgan fingerprint density at radius 3 is 2.85 bits per heavy atom. The molecule has 0 radical (unpaired) electrons. The molecule has 0 heterocycles. The molecule has 2 heteroatoms. The summed E-state index contributed by atoms with van der Waals surface area (Å²) >= 11 is 0. The van der Waals surface area contributed by atoms with Gasteiger partial charge in [-0.15, -0.1) is 0 Å². The van der Waals surface area contributed by atoms with Gasteiger partial charge in [-0.3, -0.25) is 0 Å². The van der Waals surface area contributed by atoms with Crippen molar-refractivity contribution >= 4 is 0 Å². The maximum Gasteiger partial charge on any atom is 0.0764 e. The van der Waals surface area contributed by atoms with Crippen molar-refractivity contribution in [2.45, 2.75) is 12.5 Å². The minimum absolute atomic E-state index is 0.126. The molecule has 3 aliphatic rings. The molecular weight excluding hydrogens is 164 g/mol. The first kappa shape index (κ1) is 7.77. The lowest BCUT2D eigenvalue weighted by atomic mass is 9.71. The van der Waals surface area contributed by atoms with Crippen LogP contribution in [0.3, 0.4) is 0 Å². The lowest BCUT2D eigenvalue weighted by molar-refractivity contribution is 0.0430. The average molecular weight is 178 g/mol. The van der Waals surface area contributed by atoms with E-state index in [2.05, 4.69) is 12.2 Å². The number of hydrogen-bond acceptors (Lipinski definition) is 2. The van der Waals surface area contributed by atoms with E-state index < -0.39 is 0 Å². The lowest BCUT2D eigenvalue weighted by Gasteiger charge is -2.35. The molecule has 0 saturated heterocycles. The van der Waals surface area contributed by atoms with Gasteiger partial charge in [-0.25, -0.2) is 0 Å². The topological polar surface area (TPSA) is 40.5 Å². The van der Waals surface area contributed by atoms with Gasteiger partial charge in [-0.2, -0.15) is 0 Å². The molecule has 2 nitrogen and oxygen atoms in total. The zero-order valence-electron chi connectivity index (χ0n) is 7.43. The monoisotopic (exact) mass is 178 g/mol. The Labute approximate surface area is 77.6 Å². The molecule has 3 rings (SSSR count). The number of allylic oxidation sites excluding steroid dienone is 2. The van der Waals surface area contributed by atoms with Crippen LogP contribution in [0.2, 0.25) is 0 Å². The van der Waals surface area contributed by atoms with Gasteiger partial charge in [-0.05, 0) is 18.3 Å². The molecule has 0 aromatic rings. The van der Waals surface area contributed by atoms with Crippen molar-refractivity contribution in [3.8, 4) is 0 Å². The fourth-order valence-corrected chi connectivity index (χ4v) is 3.52. The molecule has 1 saturated carbocycles. The van der Waals surface area contributed by atoms with E-state index in [1.165, 1.54) is 0 Å². The van der Waals surface area contributed by atoms with Crippen molar-refractivity contribution in [1.82, 2.24) is 0 Å². The fourth-order valence-electron chi connectivity index (χ4n) is 3.52. The predicted molar refractivity (Wildman–Crippen MR) is 48.9 cm³/mol. The molecule has 2 N–H and O–H groups in total. The first-order valence-electron chi connectivity index (χ1n) is 4.94. The molecule has 3 aliphatic carbocycles. The summed E-state index contributed by atoms with van der Waals surface area (Å²) < 4.78 is 0. The maximum absolute atomic E-state index is 9.79. The van der Waals surface area contributed by atoms with E-state index in [0.29, 0.717) is 11.8 Å². The van der Waals surface area contributed by atoms with Gasteiger partial charge in [-0.1, -0.05) is 24.3 Å². The number of fused-ring (bicyclic) bond motifs is 5. The zero-order chi connectivity index (χ0) is 9.05. The molecule has 0 aromatic carbocycles. The van der Waals surface area contributed by atoms with Gasteiger partial charge in [0.15, 0.2) is 0 Å². The van der Waals surface area contributed by atoms with E-state index in [0.717, 1.165) is 6.42 Å². The van der Waals surface area contributed by atoms with Crippen molar-refractivity contribution in [2.24, 2.45) is 23.2 Å². The third kappa shape index (κ3) is 0.720. The highest BCUT2D eigenvalue weighted by Gasteiger charge is 2.58. The third-order valence-electron chi connectivity index (χ3n) is 4.13. The second-order valence-electron chi connectivity index (χ2n) is 4.54. The summed E-state index contributed by atoms with van der Waals surface area (Å²) in [5.41, 5.74) is -0.126. The average Bonchev–Trinajstić information content (AvgIpc) is 2.77. The Balaban J connectivity index is 2.08. The van der Waals surface area contributed by atoms with Crippen LogP contribution in [0.15, 0.2) is 24.3 Å². The number of aliphatic hydroxyl groups is 2. The van der Waals surface area contributed by atoms with Crippen molar-refractivity contribution in [3.05, 3.63) is 24.3 Å².